The normalized spacial score (nSPS) is 23.5. The van der Waals surface area contributed by atoms with E-state index in [1.54, 1.807) is 0 Å². The van der Waals surface area contributed by atoms with E-state index >= 15 is 0 Å². The van der Waals surface area contributed by atoms with Crippen molar-refractivity contribution in [3.63, 3.8) is 0 Å². The van der Waals surface area contributed by atoms with Crippen LogP contribution in [-0.4, -0.2) is 26.3 Å². The molecule has 2 heterocycles. The lowest BCUT2D eigenvalue weighted by Crippen LogP contribution is -2.28. The topological polar surface area (TPSA) is 30.5 Å². The number of fused-ring (bicyclic) bond motifs is 1. The maximum absolute atomic E-state index is 5.77. The van der Waals surface area contributed by atoms with E-state index in [0.29, 0.717) is 5.92 Å². The summed E-state index contributed by atoms with van der Waals surface area (Å²) >= 11 is 3.67. The molecule has 0 aliphatic carbocycles. The van der Waals surface area contributed by atoms with Crippen LogP contribution in [0.4, 0.5) is 0 Å². The third-order valence-corrected chi connectivity index (χ3v) is 4.29. The Hall–Kier alpha value is -0.740. The van der Waals surface area contributed by atoms with Gasteiger partial charge in [-0.25, -0.2) is 0 Å². The average molecular weight is 312 g/mol. The summed E-state index contributed by atoms with van der Waals surface area (Å²) in [5.74, 6) is 2.34. The highest BCUT2D eigenvalue weighted by Crippen LogP contribution is 2.39. The highest BCUT2D eigenvalue weighted by molar-refractivity contribution is 9.10. The molecule has 2 aliphatic heterocycles. The fraction of sp³-hybridized carbons (Fsp3) is 0.571. The maximum Gasteiger partial charge on any atom is 0.162 e. The van der Waals surface area contributed by atoms with Crippen LogP contribution in [-0.2, 0) is 0 Å². The van der Waals surface area contributed by atoms with Crippen molar-refractivity contribution in [3.05, 3.63) is 22.2 Å². The Kier molecular flexibility index (Phi) is 3.75. The van der Waals surface area contributed by atoms with E-state index in [4.69, 9.17) is 9.47 Å². The van der Waals surface area contributed by atoms with Crippen LogP contribution in [0.2, 0.25) is 0 Å². The van der Waals surface area contributed by atoms with Gasteiger partial charge in [-0.2, -0.15) is 0 Å². The van der Waals surface area contributed by atoms with Crippen molar-refractivity contribution in [2.75, 3.05) is 26.3 Å². The summed E-state index contributed by atoms with van der Waals surface area (Å²) in [5.41, 5.74) is 1.34. The molecule has 98 valence electrons. The summed E-state index contributed by atoms with van der Waals surface area (Å²) in [6.45, 7) is 3.68. The van der Waals surface area contributed by atoms with Crippen LogP contribution >= 0.6 is 15.9 Å². The second-order valence-corrected chi connectivity index (χ2v) is 5.77. The lowest BCUT2D eigenvalue weighted by Gasteiger charge is -2.25. The zero-order chi connectivity index (χ0) is 12.4. The predicted octanol–water partition coefficient (Wildman–Crippen LogP) is 3.08. The van der Waals surface area contributed by atoms with Gasteiger partial charge in [0.25, 0.3) is 0 Å². The molecule has 4 heteroatoms. The predicted molar refractivity (Wildman–Crippen MR) is 74.6 cm³/mol. The second kappa shape index (κ2) is 5.49. The van der Waals surface area contributed by atoms with Crippen LogP contribution in [0.3, 0.4) is 0 Å². The number of ether oxygens (including phenoxy) is 2. The van der Waals surface area contributed by atoms with Gasteiger partial charge in [-0.1, -0.05) is 15.9 Å². The highest BCUT2D eigenvalue weighted by atomic mass is 79.9. The number of hydrogen-bond donors (Lipinski definition) is 1. The van der Waals surface area contributed by atoms with E-state index in [2.05, 4.69) is 33.4 Å². The molecule has 2 aliphatic rings. The molecule has 1 aromatic carbocycles. The van der Waals surface area contributed by atoms with E-state index in [-0.39, 0.29) is 0 Å². The van der Waals surface area contributed by atoms with Gasteiger partial charge in [0.1, 0.15) is 0 Å². The number of nitrogens with one attached hydrogen (secondary N) is 1. The molecular formula is C14H18BrNO2. The number of rotatable bonds is 1. The molecule has 3 rings (SSSR count). The monoisotopic (exact) mass is 311 g/mol. The van der Waals surface area contributed by atoms with E-state index in [1.807, 2.05) is 0 Å². The third kappa shape index (κ3) is 2.50. The van der Waals surface area contributed by atoms with Crippen LogP contribution in [0, 0.1) is 0 Å². The zero-order valence-corrected chi connectivity index (χ0v) is 12.0. The summed E-state index contributed by atoms with van der Waals surface area (Å²) < 4.78 is 12.6. The van der Waals surface area contributed by atoms with Gasteiger partial charge in [0.15, 0.2) is 11.5 Å². The highest BCUT2D eigenvalue weighted by Gasteiger charge is 2.21. The van der Waals surface area contributed by atoms with Crippen LogP contribution in [0.5, 0.6) is 11.5 Å². The smallest absolute Gasteiger partial charge is 0.162 e. The first-order valence-corrected chi connectivity index (χ1v) is 7.43. The van der Waals surface area contributed by atoms with Crippen LogP contribution in [0.1, 0.15) is 30.7 Å². The van der Waals surface area contributed by atoms with Gasteiger partial charge in [-0.05, 0) is 43.0 Å². The lowest BCUT2D eigenvalue weighted by atomic mass is 9.91. The molecule has 0 bridgehead atoms. The van der Waals surface area contributed by atoms with E-state index in [9.17, 15) is 0 Å². The Bertz CT molecular complexity index is 430. The van der Waals surface area contributed by atoms with E-state index < -0.39 is 0 Å². The van der Waals surface area contributed by atoms with Crippen molar-refractivity contribution in [2.24, 2.45) is 0 Å². The van der Waals surface area contributed by atoms with E-state index in [0.717, 1.165) is 48.7 Å². The lowest BCUT2D eigenvalue weighted by molar-refractivity contribution is 0.297. The molecule has 1 unspecified atom stereocenters. The quantitative estimate of drug-likeness (QED) is 0.864. The van der Waals surface area contributed by atoms with Gasteiger partial charge in [0.05, 0.1) is 13.2 Å². The Morgan fingerprint density at radius 2 is 1.89 bits per heavy atom. The minimum atomic E-state index is 0.574. The molecule has 1 saturated heterocycles. The van der Waals surface area contributed by atoms with Gasteiger partial charge < -0.3 is 14.8 Å². The molecule has 1 N–H and O–H groups in total. The maximum atomic E-state index is 5.77. The molecule has 0 amide bonds. The molecule has 3 nitrogen and oxygen atoms in total. The zero-order valence-electron chi connectivity index (χ0n) is 10.4. The van der Waals surface area contributed by atoms with Crippen LogP contribution in [0.15, 0.2) is 16.6 Å². The molecule has 18 heavy (non-hydrogen) atoms. The molecule has 0 radical (unpaired) electrons. The Morgan fingerprint density at radius 3 is 2.61 bits per heavy atom. The van der Waals surface area contributed by atoms with Crippen LogP contribution < -0.4 is 14.8 Å². The number of piperidine rings is 1. The summed E-state index contributed by atoms with van der Waals surface area (Å²) in [7, 11) is 0. The Labute approximate surface area is 116 Å². The van der Waals surface area contributed by atoms with Crippen molar-refractivity contribution in [3.8, 4) is 11.5 Å². The number of halogens is 1. The summed E-state index contributed by atoms with van der Waals surface area (Å²) in [6.07, 6.45) is 3.43. The summed E-state index contributed by atoms with van der Waals surface area (Å²) in [6, 6.07) is 4.22. The van der Waals surface area contributed by atoms with Crippen molar-refractivity contribution >= 4 is 15.9 Å². The first-order valence-electron chi connectivity index (χ1n) is 6.64. The van der Waals surface area contributed by atoms with Crippen molar-refractivity contribution < 1.29 is 9.47 Å². The third-order valence-electron chi connectivity index (χ3n) is 3.60. The van der Waals surface area contributed by atoms with Crippen LogP contribution in [0.25, 0.3) is 0 Å². The van der Waals surface area contributed by atoms with Crippen molar-refractivity contribution in [2.45, 2.75) is 25.2 Å². The molecule has 0 aromatic heterocycles. The molecule has 1 fully saturated rings. The molecule has 1 atom stereocenters. The van der Waals surface area contributed by atoms with Crippen molar-refractivity contribution in [1.29, 1.82) is 0 Å². The number of benzene rings is 1. The minimum Gasteiger partial charge on any atom is -0.490 e. The number of hydrogen-bond acceptors (Lipinski definition) is 3. The minimum absolute atomic E-state index is 0.574. The van der Waals surface area contributed by atoms with E-state index in [1.165, 1.54) is 18.4 Å². The fourth-order valence-corrected chi connectivity index (χ4v) is 3.28. The Balaban J connectivity index is 1.92. The first kappa shape index (κ1) is 12.3. The largest absolute Gasteiger partial charge is 0.490 e. The fourth-order valence-electron chi connectivity index (χ4n) is 2.63. The van der Waals surface area contributed by atoms with Gasteiger partial charge in [-0.3, -0.25) is 0 Å². The summed E-state index contributed by atoms with van der Waals surface area (Å²) in [4.78, 5) is 0. The molecule has 0 spiro atoms. The van der Waals surface area contributed by atoms with Gasteiger partial charge in [0, 0.05) is 17.4 Å². The standard InChI is InChI=1S/C14H18BrNO2/c15-12-8-14-13(17-5-2-6-18-14)7-11(12)10-3-1-4-16-9-10/h7-8,10,16H,1-6,9H2. The Morgan fingerprint density at radius 1 is 1.11 bits per heavy atom. The first-order chi connectivity index (χ1) is 8.84. The second-order valence-electron chi connectivity index (χ2n) is 4.91. The SMILES string of the molecule is Brc1cc2c(cc1C1CCCNC1)OCCCO2. The molecule has 1 aromatic rings. The average Bonchev–Trinajstić information content (AvgIpc) is 2.63. The van der Waals surface area contributed by atoms with Gasteiger partial charge in [0.2, 0.25) is 0 Å². The molecule has 0 saturated carbocycles. The molecular weight excluding hydrogens is 294 g/mol. The van der Waals surface area contributed by atoms with Crippen molar-refractivity contribution in [1.82, 2.24) is 5.32 Å². The summed E-state index contributed by atoms with van der Waals surface area (Å²) in [5, 5.41) is 3.46. The van der Waals surface area contributed by atoms with Gasteiger partial charge >= 0.3 is 0 Å². The van der Waals surface area contributed by atoms with Gasteiger partial charge in [-0.15, -0.1) is 0 Å².